The normalized spacial score (nSPS) is 13.2. The van der Waals surface area contributed by atoms with Crippen LogP contribution in [0.1, 0.15) is 20.8 Å². The van der Waals surface area contributed by atoms with Crippen LogP contribution >= 0.6 is 0 Å². The lowest BCUT2D eigenvalue weighted by Crippen LogP contribution is -2.45. The summed E-state index contributed by atoms with van der Waals surface area (Å²) in [6, 6.07) is 0. The quantitative estimate of drug-likeness (QED) is 0.588. The summed E-state index contributed by atoms with van der Waals surface area (Å²) < 4.78 is 0. The monoisotopic (exact) mass is 168 g/mol. The van der Waals surface area contributed by atoms with Crippen LogP contribution in [-0.2, 0) is 4.79 Å². The Hall–Kier alpha value is -1.01. The van der Waals surface area contributed by atoms with Crippen molar-refractivity contribution < 1.29 is 4.79 Å². The lowest BCUT2D eigenvalue weighted by Gasteiger charge is -2.21. The van der Waals surface area contributed by atoms with Crippen molar-refractivity contribution >= 4 is 5.91 Å². The van der Waals surface area contributed by atoms with Crippen LogP contribution in [0.3, 0.4) is 0 Å². The number of carbonyl (C=O) groups excluding carboxylic acids is 1. The number of hydrogen-bond acceptors (Lipinski definition) is 2. The van der Waals surface area contributed by atoms with Crippen LogP contribution in [0.4, 0.5) is 0 Å². The first kappa shape index (κ1) is 11.0. The van der Waals surface area contributed by atoms with Gasteiger partial charge in [-0.05, 0) is 13.8 Å². The van der Waals surface area contributed by atoms with Crippen molar-refractivity contribution in [1.29, 1.82) is 0 Å². The summed E-state index contributed by atoms with van der Waals surface area (Å²) in [6.45, 7) is 5.65. The maximum absolute atomic E-state index is 11.3. The molecule has 0 bridgehead atoms. The second-order valence-electron chi connectivity index (χ2n) is 3.40. The molecule has 0 aromatic rings. The highest BCUT2D eigenvalue weighted by Crippen LogP contribution is 2.01. The Morgan fingerprint density at radius 2 is 2.25 bits per heavy atom. The van der Waals surface area contributed by atoms with Gasteiger partial charge in [0, 0.05) is 12.5 Å². The molecule has 0 aromatic carbocycles. The van der Waals surface area contributed by atoms with Gasteiger partial charge in [-0.1, -0.05) is 12.8 Å². The van der Waals surface area contributed by atoms with Crippen LogP contribution in [0.5, 0.6) is 0 Å². The third kappa shape index (κ3) is 3.40. The minimum Gasteiger partial charge on any atom is -0.340 e. The fourth-order valence-corrected chi connectivity index (χ4v) is 0.574. The number of nitrogens with two attached hydrogens (primary N) is 1. The van der Waals surface area contributed by atoms with Crippen molar-refractivity contribution in [2.24, 2.45) is 11.7 Å². The minimum atomic E-state index is -0.583. The van der Waals surface area contributed by atoms with E-state index in [1.807, 2.05) is 0 Å². The first-order valence-corrected chi connectivity index (χ1v) is 3.93. The Morgan fingerprint density at radius 3 is 2.58 bits per heavy atom. The van der Waals surface area contributed by atoms with Gasteiger partial charge >= 0.3 is 0 Å². The Kier molecular flexibility index (Phi) is 3.78. The van der Waals surface area contributed by atoms with Gasteiger partial charge in [0.05, 0.1) is 5.54 Å². The van der Waals surface area contributed by atoms with Crippen molar-refractivity contribution in [3.63, 3.8) is 0 Å². The van der Waals surface area contributed by atoms with Gasteiger partial charge in [-0.2, -0.15) is 0 Å². The first-order valence-electron chi connectivity index (χ1n) is 3.93. The predicted molar refractivity (Wildman–Crippen MR) is 49.3 cm³/mol. The van der Waals surface area contributed by atoms with Gasteiger partial charge in [0.15, 0.2) is 0 Å². The van der Waals surface area contributed by atoms with Crippen molar-refractivity contribution in [3.05, 3.63) is 0 Å². The highest BCUT2D eigenvalue weighted by atomic mass is 16.2. The van der Waals surface area contributed by atoms with E-state index >= 15 is 0 Å². The highest BCUT2D eigenvalue weighted by Gasteiger charge is 2.19. The van der Waals surface area contributed by atoms with E-state index in [9.17, 15) is 4.79 Å². The van der Waals surface area contributed by atoms with E-state index in [1.165, 1.54) is 0 Å². The molecule has 0 radical (unpaired) electrons. The van der Waals surface area contributed by atoms with E-state index in [4.69, 9.17) is 12.2 Å². The van der Waals surface area contributed by atoms with Gasteiger partial charge in [0.25, 0.3) is 0 Å². The number of terminal acetylenes is 1. The molecule has 68 valence electrons. The number of hydrogen-bond donors (Lipinski definition) is 2. The summed E-state index contributed by atoms with van der Waals surface area (Å²) >= 11 is 0. The predicted octanol–water partition coefficient (Wildman–Crippen LogP) is 0.109. The van der Waals surface area contributed by atoms with Crippen LogP contribution in [-0.4, -0.2) is 18.0 Å². The van der Waals surface area contributed by atoms with Gasteiger partial charge in [-0.25, -0.2) is 0 Å². The largest absolute Gasteiger partial charge is 0.340 e. The Labute approximate surface area is 73.7 Å². The van der Waals surface area contributed by atoms with Gasteiger partial charge in [0.2, 0.25) is 5.91 Å². The van der Waals surface area contributed by atoms with Crippen molar-refractivity contribution in [2.75, 3.05) is 6.54 Å². The zero-order valence-electron chi connectivity index (χ0n) is 7.85. The highest BCUT2D eigenvalue weighted by molar-refractivity contribution is 5.79. The molecule has 0 aliphatic carbocycles. The Morgan fingerprint density at radius 1 is 1.75 bits per heavy atom. The first-order chi connectivity index (χ1) is 5.43. The molecule has 1 atom stereocenters. The third-order valence-corrected chi connectivity index (χ3v) is 1.60. The lowest BCUT2D eigenvalue weighted by molar-refractivity contribution is -0.125. The van der Waals surface area contributed by atoms with Crippen LogP contribution < -0.4 is 11.1 Å². The standard InChI is InChI=1S/C9H16N2O/c1-5-9(3,4)11-8(12)7(2)6-10/h1,7H,6,10H2,2-4H3,(H,11,12). The number of carbonyl (C=O) groups is 1. The summed E-state index contributed by atoms with van der Waals surface area (Å²) in [5.74, 6) is 2.20. The Bertz CT molecular complexity index is 203. The van der Waals surface area contributed by atoms with E-state index in [0.29, 0.717) is 6.54 Å². The molecular weight excluding hydrogens is 152 g/mol. The van der Waals surface area contributed by atoms with E-state index in [1.54, 1.807) is 20.8 Å². The van der Waals surface area contributed by atoms with E-state index in [-0.39, 0.29) is 11.8 Å². The SMILES string of the molecule is C#CC(C)(C)NC(=O)C(C)CN. The molecule has 3 N–H and O–H groups in total. The molecule has 3 heteroatoms. The van der Waals surface area contributed by atoms with Gasteiger partial charge in [-0.3, -0.25) is 4.79 Å². The fraction of sp³-hybridized carbons (Fsp3) is 0.667. The second-order valence-corrected chi connectivity index (χ2v) is 3.40. The summed E-state index contributed by atoms with van der Waals surface area (Å²) in [4.78, 5) is 11.3. The van der Waals surface area contributed by atoms with E-state index < -0.39 is 5.54 Å². The van der Waals surface area contributed by atoms with Gasteiger partial charge in [-0.15, -0.1) is 6.42 Å². The molecule has 0 aliphatic heterocycles. The minimum absolute atomic E-state index is 0.0968. The number of rotatable bonds is 3. The molecule has 12 heavy (non-hydrogen) atoms. The molecule has 0 aromatic heterocycles. The molecular formula is C9H16N2O. The molecule has 0 saturated heterocycles. The second kappa shape index (κ2) is 4.13. The summed E-state index contributed by atoms with van der Waals surface area (Å²) in [5.41, 5.74) is 4.74. The topological polar surface area (TPSA) is 55.1 Å². The molecule has 0 spiro atoms. The Balaban J connectivity index is 4.12. The van der Waals surface area contributed by atoms with Crippen molar-refractivity contribution in [3.8, 4) is 12.3 Å². The number of nitrogens with one attached hydrogen (secondary N) is 1. The zero-order valence-corrected chi connectivity index (χ0v) is 7.85. The van der Waals surface area contributed by atoms with Gasteiger partial charge in [0.1, 0.15) is 0 Å². The van der Waals surface area contributed by atoms with Crippen molar-refractivity contribution in [1.82, 2.24) is 5.32 Å². The molecule has 3 nitrogen and oxygen atoms in total. The maximum atomic E-state index is 11.3. The smallest absolute Gasteiger partial charge is 0.225 e. The molecule has 1 amide bonds. The van der Waals surface area contributed by atoms with Crippen LogP contribution in [0.2, 0.25) is 0 Å². The van der Waals surface area contributed by atoms with Gasteiger partial charge < -0.3 is 11.1 Å². The summed E-state index contributed by atoms with van der Waals surface area (Å²) in [5, 5.41) is 2.70. The van der Waals surface area contributed by atoms with Crippen LogP contribution in [0, 0.1) is 18.3 Å². The summed E-state index contributed by atoms with van der Waals surface area (Å²) in [7, 11) is 0. The van der Waals surface area contributed by atoms with Crippen LogP contribution in [0.15, 0.2) is 0 Å². The van der Waals surface area contributed by atoms with Crippen molar-refractivity contribution in [2.45, 2.75) is 26.3 Å². The third-order valence-electron chi connectivity index (χ3n) is 1.60. The van der Waals surface area contributed by atoms with E-state index in [2.05, 4.69) is 11.2 Å². The molecule has 0 aliphatic rings. The summed E-state index contributed by atoms with van der Waals surface area (Å²) in [6.07, 6.45) is 5.20. The molecule has 0 rings (SSSR count). The molecule has 0 heterocycles. The zero-order chi connectivity index (χ0) is 9.78. The molecule has 1 unspecified atom stereocenters. The molecule has 0 saturated carbocycles. The molecule has 0 fully saturated rings. The maximum Gasteiger partial charge on any atom is 0.225 e. The average Bonchev–Trinajstić information content (AvgIpc) is 2.02. The van der Waals surface area contributed by atoms with E-state index in [0.717, 1.165) is 0 Å². The van der Waals surface area contributed by atoms with Crippen LogP contribution in [0.25, 0.3) is 0 Å². The fourth-order valence-electron chi connectivity index (χ4n) is 0.574. The lowest BCUT2D eigenvalue weighted by atomic mass is 10.0. The number of amides is 1. The average molecular weight is 168 g/mol.